The number of fused-ring (bicyclic) bond motifs is 1. The second kappa shape index (κ2) is 9.83. The van der Waals surface area contributed by atoms with E-state index in [-0.39, 0.29) is 5.69 Å². The summed E-state index contributed by atoms with van der Waals surface area (Å²) in [7, 11) is -15.0. The largest absolute Gasteiger partial charge is 0.505 e. The van der Waals surface area contributed by atoms with Gasteiger partial charge in [-0.3, -0.25) is 18.5 Å². The minimum Gasteiger partial charge on any atom is -0.505 e. The number of nitrogen functional groups attached to an aromatic ring is 1. The first-order valence-electron chi connectivity index (χ1n) is 10.5. The number of nitrogens with two attached hydrogens (primary N) is 1. The summed E-state index contributed by atoms with van der Waals surface area (Å²) < 4.78 is 98.8. The maximum Gasteiger partial charge on any atom is 0.355 e. The standard InChI is InChI=1S/C20H15N5O13S3/c21-14-13(40(33,34)35)7-11-10(17(14)26)5-6-12(18(11)41(36,37)38)22-23-15-16(20(28)29)24-25(19(15)27)8-1-3-9(4-2-8)39(30,31)32/h1-7,15,26H,21H2,(H,28,29)(H,30,31,32)(H,33,34,35)(H,36,37,38)/b23-22+. The Kier molecular flexibility index (Phi) is 7.06. The average molecular weight is 630 g/mol. The SMILES string of the molecule is Nc1c(S(=O)(=O)O)cc2c(S(=O)(=O)O)c(/N=N/C3C(=O)N(c4ccc(S(=O)(=O)O)cc4)N=C3C(=O)O)ccc2c1O. The fourth-order valence-electron chi connectivity index (χ4n) is 3.74. The number of hydrogen-bond acceptors (Lipinski definition) is 13. The quantitative estimate of drug-likeness (QED) is 0.0912. The van der Waals surface area contributed by atoms with Crippen LogP contribution in [0.4, 0.5) is 17.1 Å². The van der Waals surface area contributed by atoms with Crippen LogP contribution in [0.2, 0.25) is 0 Å². The first kappa shape index (κ1) is 29.4. The van der Waals surface area contributed by atoms with Gasteiger partial charge in [0.15, 0.2) is 5.71 Å². The molecule has 0 radical (unpaired) electrons. The first-order chi connectivity index (χ1) is 18.8. The molecule has 1 aliphatic heterocycles. The average Bonchev–Trinajstić information content (AvgIpc) is 3.19. The van der Waals surface area contributed by atoms with Crippen LogP contribution < -0.4 is 10.7 Å². The number of amides is 1. The number of aromatic hydroxyl groups is 1. The van der Waals surface area contributed by atoms with Crippen LogP contribution in [0.15, 0.2) is 72.5 Å². The Bertz CT molecular complexity index is 2040. The number of benzene rings is 3. The summed E-state index contributed by atoms with van der Waals surface area (Å²) >= 11 is 0. The van der Waals surface area contributed by atoms with Gasteiger partial charge >= 0.3 is 5.97 Å². The Morgan fingerprint density at radius 3 is 2.02 bits per heavy atom. The van der Waals surface area contributed by atoms with Crippen LogP contribution in [-0.4, -0.2) is 72.8 Å². The zero-order chi connectivity index (χ0) is 30.7. The van der Waals surface area contributed by atoms with Crippen molar-refractivity contribution < 1.29 is 58.7 Å². The topological polar surface area (TPSA) is 304 Å². The lowest BCUT2D eigenvalue weighted by Crippen LogP contribution is -2.33. The maximum absolute atomic E-state index is 13.0. The summed E-state index contributed by atoms with van der Waals surface area (Å²) in [5.74, 6) is -3.85. The third-order valence-electron chi connectivity index (χ3n) is 5.55. The van der Waals surface area contributed by atoms with Crippen LogP contribution in [0.3, 0.4) is 0 Å². The minimum absolute atomic E-state index is 0.144. The van der Waals surface area contributed by atoms with Gasteiger partial charge in [-0.05, 0) is 42.5 Å². The third-order valence-corrected chi connectivity index (χ3v) is 8.26. The molecule has 0 spiro atoms. The maximum atomic E-state index is 13.0. The van der Waals surface area contributed by atoms with Crippen molar-refractivity contribution in [3.05, 3.63) is 42.5 Å². The molecule has 1 amide bonds. The molecule has 3 aromatic carbocycles. The Labute approximate surface area is 229 Å². The number of carboxylic acid groups (broad SMARTS) is 1. The highest BCUT2D eigenvalue weighted by molar-refractivity contribution is 7.86. The Hall–Kier alpha value is -4.54. The number of phenols is 1. The van der Waals surface area contributed by atoms with E-state index in [1.54, 1.807) is 0 Å². The highest BCUT2D eigenvalue weighted by Gasteiger charge is 2.41. The van der Waals surface area contributed by atoms with E-state index in [1.807, 2.05) is 0 Å². The number of hydrazone groups is 1. The second-order valence-corrected chi connectivity index (χ2v) is 12.3. The summed E-state index contributed by atoms with van der Waals surface area (Å²) in [6.07, 6.45) is 0. The summed E-state index contributed by atoms with van der Waals surface area (Å²) in [5.41, 5.74) is 2.90. The summed E-state index contributed by atoms with van der Waals surface area (Å²) in [4.78, 5) is 21.9. The Balaban J connectivity index is 1.84. The smallest absolute Gasteiger partial charge is 0.355 e. The van der Waals surface area contributed by atoms with Crippen molar-refractivity contribution in [2.45, 2.75) is 20.7 Å². The predicted octanol–water partition coefficient (Wildman–Crippen LogP) is 0.807. The minimum atomic E-state index is -5.30. The fraction of sp³-hybridized carbons (Fsp3) is 0.0500. The molecular weight excluding hydrogens is 614 g/mol. The predicted molar refractivity (Wildman–Crippen MR) is 137 cm³/mol. The number of azo groups is 1. The normalized spacial score (nSPS) is 16.5. The molecule has 41 heavy (non-hydrogen) atoms. The summed E-state index contributed by atoms with van der Waals surface area (Å²) in [6, 6.07) is 4.24. The molecule has 0 aromatic heterocycles. The van der Waals surface area contributed by atoms with E-state index >= 15 is 0 Å². The van der Waals surface area contributed by atoms with E-state index in [4.69, 9.17) is 10.3 Å². The van der Waals surface area contributed by atoms with Crippen molar-refractivity contribution in [3.63, 3.8) is 0 Å². The van der Waals surface area contributed by atoms with E-state index in [1.165, 1.54) is 0 Å². The van der Waals surface area contributed by atoms with Gasteiger partial charge in [-0.2, -0.15) is 45.6 Å². The number of aliphatic carboxylic acids is 1. The molecular formula is C20H15N5O13S3. The monoisotopic (exact) mass is 629 g/mol. The molecule has 216 valence electrons. The van der Waals surface area contributed by atoms with Gasteiger partial charge in [-0.25, -0.2) is 4.79 Å². The Morgan fingerprint density at radius 1 is 0.902 bits per heavy atom. The first-order valence-corrected chi connectivity index (χ1v) is 14.8. The number of carbonyl (C=O) groups is 2. The molecule has 21 heteroatoms. The van der Waals surface area contributed by atoms with Crippen LogP contribution in [0.25, 0.3) is 10.8 Å². The van der Waals surface area contributed by atoms with Crippen LogP contribution in [-0.2, 0) is 39.9 Å². The van der Waals surface area contributed by atoms with Gasteiger partial charge in [-0.15, -0.1) is 0 Å². The summed E-state index contributed by atoms with van der Waals surface area (Å²) in [6.45, 7) is 0. The van der Waals surface area contributed by atoms with Crippen LogP contribution in [0.5, 0.6) is 5.75 Å². The molecule has 0 aliphatic carbocycles. The van der Waals surface area contributed by atoms with E-state index in [9.17, 15) is 54.2 Å². The third kappa shape index (κ3) is 5.44. The van der Waals surface area contributed by atoms with Crippen molar-refractivity contribution in [2.24, 2.45) is 15.3 Å². The molecule has 0 saturated carbocycles. The zero-order valence-electron chi connectivity index (χ0n) is 19.7. The van der Waals surface area contributed by atoms with Crippen molar-refractivity contribution in [3.8, 4) is 5.75 Å². The number of nitrogens with zero attached hydrogens (tertiary/aromatic N) is 4. The Morgan fingerprint density at radius 2 is 1.51 bits per heavy atom. The molecule has 0 bridgehead atoms. The number of carboxylic acids is 1. The fourth-order valence-corrected chi connectivity index (χ4v) is 5.69. The van der Waals surface area contributed by atoms with Gasteiger partial charge in [0.2, 0.25) is 6.04 Å². The van der Waals surface area contributed by atoms with Gasteiger partial charge in [0.25, 0.3) is 36.3 Å². The molecule has 4 rings (SSSR count). The number of anilines is 2. The molecule has 3 aromatic rings. The molecule has 18 nitrogen and oxygen atoms in total. The zero-order valence-corrected chi connectivity index (χ0v) is 22.2. The molecule has 0 saturated heterocycles. The van der Waals surface area contributed by atoms with E-state index in [0.29, 0.717) is 11.1 Å². The van der Waals surface area contributed by atoms with Gasteiger partial charge in [0.1, 0.15) is 21.2 Å². The lowest BCUT2D eigenvalue weighted by Gasteiger charge is -2.13. The molecule has 0 fully saturated rings. The second-order valence-electron chi connectivity index (χ2n) is 8.12. The highest BCUT2D eigenvalue weighted by Crippen LogP contribution is 2.42. The van der Waals surface area contributed by atoms with Crippen molar-refractivity contribution in [2.75, 3.05) is 10.7 Å². The lowest BCUT2D eigenvalue weighted by molar-refractivity contribution is -0.130. The molecule has 1 atom stereocenters. The number of carbonyl (C=O) groups excluding carboxylic acids is 1. The van der Waals surface area contributed by atoms with Crippen molar-refractivity contribution in [1.82, 2.24) is 0 Å². The molecule has 1 heterocycles. The number of rotatable bonds is 7. The van der Waals surface area contributed by atoms with Crippen LogP contribution in [0, 0.1) is 0 Å². The highest BCUT2D eigenvalue weighted by atomic mass is 32.2. The van der Waals surface area contributed by atoms with E-state index in [2.05, 4.69) is 15.3 Å². The van der Waals surface area contributed by atoms with E-state index in [0.717, 1.165) is 36.4 Å². The van der Waals surface area contributed by atoms with Gasteiger partial charge < -0.3 is 15.9 Å². The number of phenolic OH excluding ortho intramolecular Hbond substituents is 1. The molecule has 1 unspecified atom stereocenters. The van der Waals surface area contributed by atoms with Crippen molar-refractivity contribution >= 4 is 75.8 Å². The van der Waals surface area contributed by atoms with Gasteiger partial charge in [-0.1, -0.05) is 0 Å². The lowest BCUT2D eigenvalue weighted by atomic mass is 10.1. The van der Waals surface area contributed by atoms with Crippen LogP contribution in [0.1, 0.15) is 0 Å². The molecule has 1 aliphatic rings. The van der Waals surface area contributed by atoms with Crippen molar-refractivity contribution in [1.29, 1.82) is 0 Å². The summed E-state index contributed by atoms with van der Waals surface area (Å²) in [5, 5.41) is 30.0. The molecule has 7 N–H and O–H groups in total. The van der Waals surface area contributed by atoms with Gasteiger partial charge in [0.05, 0.1) is 16.3 Å². The van der Waals surface area contributed by atoms with Crippen LogP contribution >= 0.6 is 0 Å². The van der Waals surface area contributed by atoms with Gasteiger partial charge in [0, 0.05) is 10.8 Å². The number of hydrogen-bond donors (Lipinski definition) is 6. The van der Waals surface area contributed by atoms with E-state index < -0.39 is 96.6 Å².